The second kappa shape index (κ2) is 6.02. The maximum atomic E-state index is 5.18. The van der Waals surface area contributed by atoms with Crippen LogP contribution in [0.25, 0.3) is 49.4 Å². The topological polar surface area (TPSA) is 30.2 Å². The zero-order valence-corrected chi connectivity index (χ0v) is 16.6. The Bertz CT molecular complexity index is 1410. The molecule has 0 fully saturated rings. The molecule has 140 valence electrons. The molecule has 0 bridgehead atoms. The summed E-state index contributed by atoms with van der Waals surface area (Å²) < 4.78 is 2.23. The van der Waals surface area contributed by atoms with Crippen LogP contribution in [-0.4, -0.2) is 14.4 Å². The number of hydrogen-bond donors (Lipinski definition) is 0. The summed E-state index contributed by atoms with van der Waals surface area (Å²) in [6.07, 6.45) is 8.13. The molecule has 29 heavy (non-hydrogen) atoms. The molecule has 3 aromatic heterocycles. The average molecular weight is 375 g/mol. The number of imidazole rings is 1. The highest BCUT2D eigenvalue weighted by Crippen LogP contribution is 2.38. The van der Waals surface area contributed by atoms with Crippen LogP contribution in [0.1, 0.15) is 25.0 Å². The number of rotatable bonds is 3. The number of fused-ring (bicyclic) bond motifs is 3. The minimum Gasteiger partial charge on any atom is -0.297 e. The van der Waals surface area contributed by atoms with Gasteiger partial charge in [0.05, 0.1) is 17.4 Å². The number of nitrogens with zero attached hydrogens (tertiary/aromatic N) is 3. The SMILES string of the molecule is CCc1cccc(CC)c1-c1cn2c3cncc4ccc5cccc(c5c43)c2n1. The number of benzene rings is 3. The minimum atomic E-state index is 0.998. The molecule has 0 saturated heterocycles. The molecule has 0 unspecified atom stereocenters. The second-order valence-corrected chi connectivity index (χ2v) is 7.70. The van der Waals surface area contributed by atoms with E-state index in [-0.39, 0.29) is 0 Å². The predicted molar refractivity (Wildman–Crippen MR) is 121 cm³/mol. The number of aromatic nitrogens is 3. The predicted octanol–water partition coefficient (Wildman–Crippen LogP) is 6.42. The molecule has 0 radical (unpaired) electrons. The largest absolute Gasteiger partial charge is 0.297 e. The Balaban J connectivity index is 1.82. The van der Waals surface area contributed by atoms with Gasteiger partial charge in [0.25, 0.3) is 0 Å². The summed E-state index contributed by atoms with van der Waals surface area (Å²) in [7, 11) is 0. The molecule has 3 aromatic carbocycles. The monoisotopic (exact) mass is 375 g/mol. The average Bonchev–Trinajstić information content (AvgIpc) is 3.23. The standard InChI is InChI=1S/C26H21N3/c1-3-16-7-5-8-17(4-2)23(16)21-15-29-22-14-27-13-19-12-11-18-9-6-10-20(26(29)28-21)24(18)25(19)22/h5-15H,3-4H2,1-2H3. The first-order valence-corrected chi connectivity index (χ1v) is 10.3. The summed E-state index contributed by atoms with van der Waals surface area (Å²) in [5.41, 5.74) is 7.17. The Morgan fingerprint density at radius 1 is 0.793 bits per heavy atom. The first-order valence-electron chi connectivity index (χ1n) is 10.3. The summed E-state index contributed by atoms with van der Waals surface area (Å²) in [5, 5.41) is 6.17. The van der Waals surface area contributed by atoms with Crippen molar-refractivity contribution < 1.29 is 0 Å². The lowest BCUT2D eigenvalue weighted by molar-refractivity contribution is 1.09. The Hall–Kier alpha value is -3.46. The molecule has 0 saturated carbocycles. The van der Waals surface area contributed by atoms with Gasteiger partial charge < -0.3 is 0 Å². The van der Waals surface area contributed by atoms with Crippen molar-refractivity contribution in [3.05, 3.63) is 78.2 Å². The summed E-state index contributed by atoms with van der Waals surface area (Å²) in [6.45, 7) is 4.44. The van der Waals surface area contributed by atoms with Crippen LogP contribution in [0.5, 0.6) is 0 Å². The lowest BCUT2D eigenvalue weighted by Crippen LogP contribution is -1.94. The molecule has 0 spiro atoms. The lowest BCUT2D eigenvalue weighted by Gasteiger charge is -2.12. The van der Waals surface area contributed by atoms with Crippen LogP contribution < -0.4 is 0 Å². The summed E-state index contributed by atoms with van der Waals surface area (Å²) >= 11 is 0. The van der Waals surface area contributed by atoms with Gasteiger partial charge in [0, 0.05) is 39.5 Å². The summed E-state index contributed by atoms with van der Waals surface area (Å²) in [5.74, 6) is 0. The molecule has 6 aromatic rings. The summed E-state index contributed by atoms with van der Waals surface area (Å²) in [4.78, 5) is 9.70. The molecule has 0 N–H and O–H groups in total. The van der Waals surface area contributed by atoms with E-state index in [2.05, 4.69) is 78.0 Å². The van der Waals surface area contributed by atoms with Gasteiger partial charge in [0.15, 0.2) is 0 Å². The second-order valence-electron chi connectivity index (χ2n) is 7.70. The smallest absolute Gasteiger partial charge is 0.145 e. The maximum Gasteiger partial charge on any atom is 0.145 e. The van der Waals surface area contributed by atoms with Crippen molar-refractivity contribution in [2.24, 2.45) is 0 Å². The third-order valence-corrected chi connectivity index (χ3v) is 6.21. The van der Waals surface area contributed by atoms with E-state index in [1.807, 2.05) is 12.4 Å². The Morgan fingerprint density at radius 3 is 2.34 bits per heavy atom. The van der Waals surface area contributed by atoms with Gasteiger partial charge >= 0.3 is 0 Å². The van der Waals surface area contributed by atoms with Gasteiger partial charge in [-0.2, -0.15) is 0 Å². The van der Waals surface area contributed by atoms with Crippen molar-refractivity contribution in [2.75, 3.05) is 0 Å². The van der Waals surface area contributed by atoms with Crippen LogP contribution in [0.15, 0.2) is 67.1 Å². The first kappa shape index (κ1) is 16.5. The Labute approximate surface area is 169 Å². The molecule has 0 aliphatic heterocycles. The minimum absolute atomic E-state index is 0.998. The van der Waals surface area contributed by atoms with Crippen molar-refractivity contribution >= 4 is 38.1 Å². The van der Waals surface area contributed by atoms with Crippen LogP contribution in [-0.2, 0) is 12.8 Å². The highest BCUT2D eigenvalue weighted by molar-refractivity contribution is 6.25. The molecule has 6 rings (SSSR count). The molecule has 0 aliphatic rings. The highest BCUT2D eigenvalue weighted by Gasteiger charge is 2.18. The van der Waals surface area contributed by atoms with E-state index >= 15 is 0 Å². The van der Waals surface area contributed by atoms with Gasteiger partial charge in [-0.15, -0.1) is 0 Å². The van der Waals surface area contributed by atoms with E-state index in [0.29, 0.717) is 0 Å². The Kier molecular flexibility index (Phi) is 3.42. The quantitative estimate of drug-likeness (QED) is 0.334. The molecular weight excluding hydrogens is 354 g/mol. The molecule has 3 nitrogen and oxygen atoms in total. The molecule has 0 amide bonds. The molecule has 3 heteroatoms. The maximum absolute atomic E-state index is 5.18. The van der Waals surface area contributed by atoms with E-state index in [1.54, 1.807) is 0 Å². The van der Waals surface area contributed by atoms with E-state index in [1.165, 1.54) is 43.6 Å². The van der Waals surface area contributed by atoms with E-state index in [9.17, 15) is 0 Å². The fourth-order valence-electron chi connectivity index (χ4n) is 4.85. The fraction of sp³-hybridized carbons (Fsp3) is 0.154. The van der Waals surface area contributed by atoms with Crippen LogP contribution >= 0.6 is 0 Å². The van der Waals surface area contributed by atoms with Gasteiger partial charge in [0.2, 0.25) is 0 Å². The summed E-state index contributed by atoms with van der Waals surface area (Å²) in [6, 6.07) is 17.5. The van der Waals surface area contributed by atoms with Crippen LogP contribution in [0.3, 0.4) is 0 Å². The van der Waals surface area contributed by atoms with E-state index in [0.717, 1.165) is 29.7 Å². The van der Waals surface area contributed by atoms with Crippen molar-refractivity contribution in [3.63, 3.8) is 0 Å². The van der Waals surface area contributed by atoms with Gasteiger partial charge in [-0.05, 0) is 29.4 Å². The van der Waals surface area contributed by atoms with Crippen LogP contribution in [0.2, 0.25) is 0 Å². The fourth-order valence-corrected chi connectivity index (χ4v) is 4.85. The van der Waals surface area contributed by atoms with Gasteiger partial charge in [-0.3, -0.25) is 9.38 Å². The van der Waals surface area contributed by atoms with Crippen LogP contribution in [0, 0.1) is 0 Å². The van der Waals surface area contributed by atoms with Crippen molar-refractivity contribution in [2.45, 2.75) is 26.7 Å². The normalized spacial score (nSPS) is 12.1. The van der Waals surface area contributed by atoms with E-state index in [4.69, 9.17) is 4.98 Å². The highest BCUT2D eigenvalue weighted by atomic mass is 15.0. The zero-order valence-electron chi connectivity index (χ0n) is 16.6. The number of pyridine rings is 2. The first-order chi connectivity index (χ1) is 14.3. The van der Waals surface area contributed by atoms with Gasteiger partial charge in [0.1, 0.15) is 5.65 Å². The molecule has 0 aliphatic carbocycles. The molecule has 3 heterocycles. The molecular formula is C26H21N3. The third kappa shape index (κ3) is 2.18. The lowest BCUT2D eigenvalue weighted by atomic mass is 9.95. The van der Waals surface area contributed by atoms with Crippen molar-refractivity contribution in [3.8, 4) is 11.3 Å². The van der Waals surface area contributed by atoms with E-state index < -0.39 is 0 Å². The Morgan fingerprint density at radius 2 is 1.55 bits per heavy atom. The van der Waals surface area contributed by atoms with Crippen LogP contribution in [0.4, 0.5) is 0 Å². The van der Waals surface area contributed by atoms with Crippen molar-refractivity contribution in [1.29, 1.82) is 0 Å². The van der Waals surface area contributed by atoms with Gasteiger partial charge in [-0.1, -0.05) is 62.4 Å². The molecule has 0 atom stereocenters. The zero-order chi connectivity index (χ0) is 19.5. The third-order valence-electron chi connectivity index (χ3n) is 6.21. The number of aryl methyl sites for hydroxylation is 2. The van der Waals surface area contributed by atoms with Gasteiger partial charge in [-0.25, -0.2) is 4.98 Å². The van der Waals surface area contributed by atoms with Crippen molar-refractivity contribution in [1.82, 2.24) is 14.4 Å². The number of hydrogen-bond acceptors (Lipinski definition) is 2.